The van der Waals surface area contributed by atoms with E-state index < -0.39 is 24.3 Å². The van der Waals surface area contributed by atoms with Gasteiger partial charge in [0, 0.05) is 0 Å². The first-order chi connectivity index (χ1) is 7.06. The molecule has 0 heterocycles. The second kappa shape index (κ2) is 5.41. The summed E-state index contributed by atoms with van der Waals surface area (Å²) in [6.07, 6.45) is -9.67. The minimum atomic E-state index is -4.75. The molecular weight excluding hydrogens is 234 g/mol. The quantitative estimate of drug-likeness (QED) is 0.496. The zero-order chi connectivity index (χ0) is 13.0. The highest BCUT2D eigenvalue weighted by atomic mass is 19.4. The van der Waals surface area contributed by atoms with Gasteiger partial charge in [-0.2, -0.15) is 26.3 Å². The maximum absolute atomic E-state index is 12.3. The summed E-state index contributed by atoms with van der Waals surface area (Å²) in [6.45, 7) is 3.07. The maximum Gasteiger partial charge on any atom is 0.416 e. The van der Waals surface area contributed by atoms with Crippen molar-refractivity contribution in [1.29, 1.82) is 0 Å². The summed E-state index contributed by atoms with van der Waals surface area (Å²) in [5.41, 5.74) is -0.866. The van der Waals surface area contributed by atoms with Crippen molar-refractivity contribution in [3.8, 4) is 0 Å². The second-order valence-electron chi connectivity index (χ2n) is 3.32. The normalized spacial score (nSPS) is 15.5. The smallest absolute Gasteiger partial charge is 0.171 e. The van der Waals surface area contributed by atoms with Crippen LogP contribution in [0.5, 0.6) is 0 Å². The first-order valence-corrected chi connectivity index (χ1v) is 4.57. The van der Waals surface area contributed by atoms with E-state index >= 15 is 0 Å². The van der Waals surface area contributed by atoms with Gasteiger partial charge in [0.2, 0.25) is 0 Å². The Balaban J connectivity index is 4.98. The third-order valence-corrected chi connectivity index (χ3v) is 1.84. The molecule has 0 unspecified atom stereocenters. The van der Waals surface area contributed by atoms with E-state index in [-0.39, 0.29) is 6.08 Å². The number of alkyl halides is 6. The van der Waals surface area contributed by atoms with Crippen LogP contribution in [0.15, 0.2) is 23.3 Å². The van der Waals surface area contributed by atoms with Crippen molar-refractivity contribution < 1.29 is 26.3 Å². The molecule has 0 bridgehead atoms. The molecule has 0 aliphatic rings. The Morgan fingerprint density at radius 3 is 1.88 bits per heavy atom. The van der Waals surface area contributed by atoms with Crippen molar-refractivity contribution >= 4 is 0 Å². The molecule has 0 aliphatic carbocycles. The predicted molar refractivity (Wildman–Crippen MR) is 48.9 cm³/mol. The monoisotopic (exact) mass is 246 g/mol. The Bertz CT molecular complexity index is 279. The summed E-state index contributed by atoms with van der Waals surface area (Å²) in [4.78, 5) is 0. The van der Waals surface area contributed by atoms with E-state index in [2.05, 4.69) is 0 Å². The summed E-state index contributed by atoms with van der Waals surface area (Å²) in [5, 5.41) is 0. The Morgan fingerprint density at radius 1 is 1.06 bits per heavy atom. The van der Waals surface area contributed by atoms with Gasteiger partial charge in [-0.3, -0.25) is 0 Å². The van der Waals surface area contributed by atoms with Crippen molar-refractivity contribution in [1.82, 2.24) is 0 Å². The minimum absolute atomic E-state index is 0.166. The van der Waals surface area contributed by atoms with E-state index in [0.29, 0.717) is 12.0 Å². The highest BCUT2D eigenvalue weighted by Gasteiger charge is 2.34. The van der Waals surface area contributed by atoms with Crippen LogP contribution in [0.4, 0.5) is 26.3 Å². The van der Waals surface area contributed by atoms with Gasteiger partial charge in [0.25, 0.3) is 0 Å². The molecule has 0 rings (SSSR count). The fraction of sp³-hybridized carbons (Fsp3) is 0.600. The van der Waals surface area contributed by atoms with Crippen LogP contribution in [0.2, 0.25) is 0 Å². The number of hydrogen-bond donors (Lipinski definition) is 0. The highest BCUT2D eigenvalue weighted by Crippen LogP contribution is 2.30. The summed E-state index contributed by atoms with van der Waals surface area (Å²) in [5.74, 6) is 0. The van der Waals surface area contributed by atoms with Crippen LogP contribution in [0, 0.1) is 0 Å². The van der Waals surface area contributed by atoms with Crippen LogP contribution in [0.25, 0.3) is 0 Å². The van der Waals surface area contributed by atoms with E-state index in [1.54, 1.807) is 6.92 Å². The van der Waals surface area contributed by atoms with Gasteiger partial charge in [-0.15, -0.1) is 0 Å². The van der Waals surface area contributed by atoms with Gasteiger partial charge in [0.1, 0.15) is 0 Å². The summed E-state index contributed by atoms with van der Waals surface area (Å²) in [7, 11) is 0. The van der Waals surface area contributed by atoms with Gasteiger partial charge in [0.15, 0.2) is 0 Å². The molecule has 0 fully saturated rings. The number of halogens is 6. The molecule has 0 spiro atoms. The molecule has 0 aromatic carbocycles. The number of hydrogen-bond acceptors (Lipinski definition) is 0. The molecule has 0 saturated heterocycles. The van der Waals surface area contributed by atoms with Crippen molar-refractivity contribution in [2.24, 2.45) is 0 Å². The average molecular weight is 246 g/mol. The lowest BCUT2D eigenvalue weighted by molar-refractivity contribution is -0.126. The molecule has 16 heavy (non-hydrogen) atoms. The molecule has 0 atom stereocenters. The number of allylic oxidation sites excluding steroid dienone is 4. The Labute approximate surface area is 89.6 Å². The van der Waals surface area contributed by atoms with Crippen molar-refractivity contribution in [3.63, 3.8) is 0 Å². The van der Waals surface area contributed by atoms with Gasteiger partial charge >= 0.3 is 12.4 Å². The summed E-state index contributed by atoms with van der Waals surface area (Å²) < 4.78 is 72.3. The second-order valence-corrected chi connectivity index (χ2v) is 3.32. The zero-order valence-corrected chi connectivity index (χ0v) is 8.84. The highest BCUT2D eigenvalue weighted by molar-refractivity contribution is 5.27. The third kappa shape index (κ3) is 6.53. The fourth-order valence-electron chi connectivity index (χ4n) is 0.850. The van der Waals surface area contributed by atoms with E-state index in [1.165, 1.54) is 6.92 Å². The Hall–Kier alpha value is -0.940. The van der Waals surface area contributed by atoms with Crippen LogP contribution >= 0.6 is 0 Å². The van der Waals surface area contributed by atoms with Crippen LogP contribution in [-0.2, 0) is 0 Å². The standard InChI is InChI=1S/C10H12F6/c1-3-7(2)6-8(10(14,15)16)4-5-9(11,12)13/h4,6H,3,5H2,1-2H3/b7-6-,8-4+. The minimum Gasteiger partial charge on any atom is -0.171 e. The van der Waals surface area contributed by atoms with Crippen LogP contribution < -0.4 is 0 Å². The van der Waals surface area contributed by atoms with E-state index in [0.717, 1.165) is 6.08 Å². The molecule has 0 radical (unpaired) electrons. The van der Waals surface area contributed by atoms with Crippen LogP contribution in [-0.4, -0.2) is 12.4 Å². The first-order valence-electron chi connectivity index (χ1n) is 4.57. The average Bonchev–Trinajstić information content (AvgIpc) is 2.08. The van der Waals surface area contributed by atoms with Crippen molar-refractivity contribution in [2.75, 3.05) is 0 Å². The van der Waals surface area contributed by atoms with E-state index in [4.69, 9.17) is 0 Å². The topological polar surface area (TPSA) is 0 Å². The van der Waals surface area contributed by atoms with Gasteiger partial charge in [-0.25, -0.2) is 0 Å². The lowest BCUT2D eigenvalue weighted by Crippen LogP contribution is -2.13. The molecule has 0 N–H and O–H groups in total. The van der Waals surface area contributed by atoms with Gasteiger partial charge in [0.05, 0.1) is 12.0 Å². The van der Waals surface area contributed by atoms with Gasteiger partial charge < -0.3 is 0 Å². The summed E-state index contributed by atoms with van der Waals surface area (Å²) >= 11 is 0. The lowest BCUT2D eigenvalue weighted by atomic mass is 10.1. The molecular formula is C10H12F6. The molecule has 0 aromatic rings. The Kier molecular flexibility index (Phi) is 5.09. The SMILES string of the molecule is CC/C(C)=C\C(=C/CC(F)(F)F)C(F)(F)F. The van der Waals surface area contributed by atoms with Crippen LogP contribution in [0.1, 0.15) is 26.7 Å². The van der Waals surface area contributed by atoms with E-state index in [9.17, 15) is 26.3 Å². The fourth-order valence-corrected chi connectivity index (χ4v) is 0.850. The van der Waals surface area contributed by atoms with Crippen molar-refractivity contribution in [2.45, 2.75) is 39.0 Å². The third-order valence-electron chi connectivity index (χ3n) is 1.84. The summed E-state index contributed by atoms with van der Waals surface area (Å²) in [6, 6.07) is 0. The molecule has 6 heteroatoms. The molecule has 0 amide bonds. The van der Waals surface area contributed by atoms with E-state index in [1.807, 2.05) is 0 Å². The lowest BCUT2D eigenvalue weighted by Gasteiger charge is -2.10. The predicted octanol–water partition coefficient (Wildman–Crippen LogP) is 4.78. The van der Waals surface area contributed by atoms with Gasteiger partial charge in [-0.05, 0) is 13.3 Å². The van der Waals surface area contributed by atoms with Gasteiger partial charge in [-0.1, -0.05) is 24.6 Å². The largest absolute Gasteiger partial charge is 0.416 e. The molecule has 0 aliphatic heterocycles. The molecule has 94 valence electrons. The molecule has 0 aromatic heterocycles. The van der Waals surface area contributed by atoms with Crippen LogP contribution in [0.3, 0.4) is 0 Å². The zero-order valence-electron chi connectivity index (χ0n) is 8.84. The molecule has 0 saturated carbocycles. The first kappa shape index (κ1) is 15.1. The molecule has 0 nitrogen and oxygen atoms in total. The maximum atomic E-state index is 12.3. The van der Waals surface area contributed by atoms with Crippen molar-refractivity contribution in [3.05, 3.63) is 23.3 Å². The number of rotatable bonds is 3. The Morgan fingerprint density at radius 2 is 1.56 bits per heavy atom.